The molecule has 28 heavy (non-hydrogen) atoms. The molecule has 164 valence electrons. The molecule has 0 nitrogen and oxygen atoms in total. The van der Waals surface area contributed by atoms with Crippen molar-refractivity contribution >= 4 is 0 Å². The molecule has 0 aliphatic carbocycles. The van der Waals surface area contributed by atoms with Crippen LogP contribution in [0.3, 0.4) is 0 Å². The van der Waals surface area contributed by atoms with E-state index in [4.69, 9.17) is 0 Å². The molecule has 0 aliphatic rings. The second-order valence-electron chi connectivity index (χ2n) is 9.54. The summed E-state index contributed by atoms with van der Waals surface area (Å²) in [5, 5.41) is 0. The van der Waals surface area contributed by atoms with Crippen molar-refractivity contribution in [2.75, 3.05) is 0 Å². The van der Waals surface area contributed by atoms with Gasteiger partial charge >= 0.3 is 0 Å². The molecule has 0 rings (SSSR count). The third-order valence-corrected chi connectivity index (χ3v) is 6.36. The van der Waals surface area contributed by atoms with E-state index in [0.717, 1.165) is 30.6 Å². The lowest BCUT2D eigenvalue weighted by Gasteiger charge is -2.15. The Balaban J connectivity index is 3.36. The van der Waals surface area contributed by atoms with Gasteiger partial charge in [0.1, 0.15) is 0 Å². The Morgan fingerprint density at radius 3 is 1.39 bits per heavy atom. The zero-order valence-corrected chi connectivity index (χ0v) is 19.9. The van der Waals surface area contributed by atoms with Gasteiger partial charge in [-0.15, -0.1) is 11.8 Å². The maximum Gasteiger partial charge on any atom is 0.0198 e. The van der Waals surface area contributed by atoms with Crippen LogP contribution in [0.5, 0.6) is 0 Å². The molecular formula is C28H52. The molecule has 2 radical (unpaired) electrons. The molecule has 0 aromatic carbocycles. The van der Waals surface area contributed by atoms with Crippen LogP contribution in [-0.2, 0) is 0 Å². The minimum atomic E-state index is 0.878. The summed E-state index contributed by atoms with van der Waals surface area (Å²) in [5.41, 5.74) is 0. The van der Waals surface area contributed by atoms with Gasteiger partial charge in [0.05, 0.1) is 0 Å². The molecule has 0 aliphatic heterocycles. The van der Waals surface area contributed by atoms with Crippen LogP contribution in [0.2, 0.25) is 0 Å². The molecule has 0 heterocycles. The first-order valence-electron chi connectivity index (χ1n) is 12.6. The molecule has 3 unspecified atom stereocenters. The first kappa shape index (κ1) is 27.6. The SMILES string of the molecule is [CH2]C#CCCCCCCCCCCC(C)CCCC(C)CCCC(C)CC[CH2]. The minimum absolute atomic E-state index is 0.878. The molecule has 0 bridgehead atoms. The van der Waals surface area contributed by atoms with Crippen LogP contribution in [0.25, 0.3) is 0 Å². The van der Waals surface area contributed by atoms with Gasteiger partial charge in [-0.2, -0.15) is 0 Å². The van der Waals surface area contributed by atoms with Gasteiger partial charge in [-0.05, 0) is 24.2 Å². The molecule has 0 heteroatoms. The summed E-state index contributed by atoms with van der Waals surface area (Å²) in [7, 11) is 0. The normalized spacial score (nSPS) is 14.3. The number of unbranched alkanes of at least 4 members (excludes halogenated alkanes) is 8. The largest absolute Gasteiger partial charge is 0.103 e. The molecular weight excluding hydrogens is 336 g/mol. The first-order chi connectivity index (χ1) is 13.6. The summed E-state index contributed by atoms with van der Waals surface area (Å²) in [6, 6.07) is 0. The Morgan fingerprint density at radius 2 is 0.929 bits per heavy atom. The second kappa shape index (κ2) is 21.3. The van der Waals surface area contributed by atoms with Crippen LogP contribution in [0.15, 0.2) is 0 Å². The van der Waals surface area contributed by atoms with E-state index in [1.165, 1.54) is 103 Å². The molecule has 0 aromatic heterocycles. The Morgan fingerprint density at radius 1 is 0.536 bits per heavy atom. The fourth-order valence-corrected chi connectivity index (χ4v) is 4.27. The van der Waals surface area contributed by atoms with E-state index in [2.05, 4.69) is 46.5 Å². The van der Waals surface area contributed by atoms with Crippen LogP contribution in [0.1, 0.15) is 136 Å². The smallest absolute Gasteiger partial charge is 0.0198 e. The van der Waals surface area contributed by atoms with Gasteiger partial charge < -0.3 is 0 Å². The second-order valence-corrected chi connectivity index (χ2v) is 9.54. The quantitative estimate of drug-likeness (QED) is 0.144. The highest BCUT2D eigenvalue weighted by atomic mass is 14.1. The van der Waals surface area contributed by atoms with Crippen LogP contribution >= 0.6 is 0 Å². The Bertz CT molecular complexity index is 358. The van der Waals surface area contributed by atoms with E-state index in [-0.39, 0.29) is 0 Å². The zero-order chi connectivity index (χ0) is 20.9. The summed E-state index contributed by atoms with van der Waals surface area (Å²) in [6.45, 7) is 14.9. The minimum Gasteiger partial charge on any atom is -0.103 e. The van der Waals surface area contributed by atoms with Gasteiger partial charge in [0.15, 0.2) is 0 Å². The first-order valence-corrected chi connectivity index (χ1v) is 12.6. The van der Waals surface area contributed by atoms with Crippen molar-refractivity contribution in [3.8, 4) is 11.8 Å². The molecule has 0 N–H and O–H groups in total. The summed E-state index contributed by atoms with van der Waals surface area (Å²) in [5.74, 6) is 8.51. The fourth-order valence-electron chi connectivity index (χ4n) is 4.27. The van der Waals surface area contributed by atoms with Crippen molar-refractivity contribution < 1.29 is 0 Å². The fraction of sp³-hybridized carbons (Fsp3) is 0.857. The summed E-state index contributed by atoms with van der Waals surface area (Å²) in [6.07, 6.45) is 24.6. The summed E-state index contributed by atoms with van der Waals surface area (Å²) < 4.78 is 0. The monoisotopic (exact) mass is 388 g/mol. The van der Waals surface area contributed by atoms with Gasteiger partial charge in [0.2, 0.25) is 0 Å². The molecule has 0 saturated heterocycles. The highest BCUT2D eigenvalue weighted by Gasteiger charge is 2.07. The van der Waals surface area contributed by atoms with Gasteiger partial charge in [0.25, 0.3) is 0 Å². The average molecular weight is 389 g/mol. The maximum atomic E-state index is 3.97. The predicted octanol–water partition coefficient (Wildman–Crippen LogP) is 9.59. The van der Waals surface area contributed by atoms with Gasteiger partial charge in [-0.25, -0.2) is 0 Å². The van der Waals surface area contributed by atoms with E-state index < -0.39 is 0 Å². The maximum absolute atomic E-state index is 3.97. The molecule has 0 amide bonds. The molecule has 0 fully saturated rings. The van der Waals surface area contributed by atoms with Crippen molar-refractivity contribution in [1.29, 1.82) is 0 Å². The molecule has 0 saturated carbocycles. The number of hydrogen-bond acceptors (Lipinski definition) is 0. The topological polar surface area (TPSA) is 0 Å². The molecule has 3 atom stereocenters. The highest BCUT2D eigenvalue weighted by Crippen LogP contribution is 2.22. The van der Waals surface area contributed by atoms with Crippen molar-refractivity contribution in [3.05, 3.63) is 13.8 Å². The van der Waals surface area contributed by atoms with Crippen LogP contribution < -0.4 is 0 Å². The Labute approximate surface area is 180 Å². The van der Waals surface area contributed by atoms with Gasteiger partial charge in [-0.3, -0.25) is 0 Å². The van der Waals surface area contributed by atoms with Crippen molar-refractivity contribution in [3.63, 3.8) is 0 Å². The van der Waals surface area contributed by atoms with Crippen LogP contribution in [0.4, 0.5) is 0 Å². The lowest BCUT2D eigenvalue weighted by atomic mass is 9.91. The molecule has 0 aromatic rings. The summed E-state index contributed by atoms with van der Waals surface area (Å²) in [4.78, 5) is 0. The molecule has 0 spiro atoms. The lowest BCUT2D eigenvalue weighted by molar-refractivity contribution is 0.378. The highest BCUT2D eigenvalue weighted by molar-refractivity contribution is 5.00. The van der Waals surface area contributed by atoms with E-state index in [9.17, 15) is 0 Å². The van der Waals surface area contributed by atoms with E-state index in [1.807, 2.05) is 0 Å². The van der Waals surface area contributed by atoms with E-state index in [0.29, 0.717) is 0 Å². The van der Waals surface area contributed by atoms with Crippen molar-refractivity contribution in [1.82, 2.24) is 0 Å². The predicted molar refractivity (Wildman–Crippen MR) is 129 cm³/mol. The van der Waals surface area contributed by atoms with Gasteiger partial charge in [-0.1, -0.05) is 130 Å². The third-order valence-electron chi connectivity index (χ3n) is 6.36. The Kier molecular flexibility index (Phi) is 20.9. The van der Waals surface area contributed by atoms with Crippen molar-refractivity contribution in [2.24, 2.45) is 17.8 Å². The zero-order valence-electron chi connectivity index (χ0n) is 19.9. The van der Waals surface area contributed by atoms with E-state index >= 15 is 0 Å². The van der Waals surface area contributed by atoms with Crippen LogP contribution in [0, 0.1) is 43.4 Å². The lowest BCUT2D eigenvalue weighted by Crippen LogP contribution is -2.01. The third kappa shape index (κ3) is 20.3. The van der Waals surface area contributed by atoms with Gasteiger partial charge in [0, 0.05) is 13.3 Å². The van der Waals surface area contributed by atoms with E-state index in [1.54, 1.807) is 0 Å². The van der Waals surface area contributed by atoms with Crippen molar-refractivity contribution in [2.45, 2.75) is 136 Å². The number of rotatable bonds is 20. The summed E-state index contributed by atoms with van der Waals surface area (Å²) >= 11 is 0. The number of hydrogen-bond donors (Lipinski definition) is 0. The average Bonchev–Trinajstić information content (AvgIpc) is 2.66. The standard InChI is InChI=1S/C28H52/c1-6-8-9-10-11-12-13-14-15-16-17-21-27(4)23-19-25-28(5)24-18-22-26(3)20-7-2/h26-28H,1-2,7,9-25H2,3-5H3. The van der Waals surface area contributed by atoms with Crippen LogP contribution in [-0.4, -0.2) is 0 Å². The Hall–Kier alpha value is -0.440.